The molecule has 0 radical (unpaired) electrons. The third kappa shape index (κ3) is 3.75. The Morgan fingerprint density at radius 2 is 1.69 bits per heavy atom. The van der Waals surface area contributed by atoms with Crippen molar-refractivity contribution in [2.24, 2.45) is 5.92 Å². The Morgan fingerprint density at radius 3 is 2.44 bits per heavy atom. The third-order valence-electron chi connectivity index (χ3n) is 6.10. The zero-order valence-electron chi connectivity index (χ0n) is 17.9. The van der Waals surface area contributed by atoms with E-state index in [4.69, 9.17) is 14.0 Å². The summed E-state index contributed by atoms with van der Waals surface area (Å²) in [5, 5.41) is 4.12. The number of aromatic nitrogens is 1. The molecule has 0 aliphatic carbocycles. The van der Waals surface area contributed by atoms with E-state index in [0.29, 0.717) is 73.2 Å². The van der Waals surface area contributed by atoms with Gasteiger partial charge in [-0.2, -0.15) is 0 Å². The second-order valence-corrected chi connectivity index (χ2v) is 8.12. The standard InChI is InChI=1S/C25H24N2O5/c1-16-22(23(26-32-16)17-5-3-2-4-6-17)25(29)27-11-9-18(10-12-27)24(28)19-7-8-20-21(15-19)31-14-13-30-20/h2-8,15,18H,9-14H2,1H3. The minimum atomic E-state index is -0.126. The van der Waals surface area contributed by atoms with E-state index in [9.17, 15) is 9.59 Å². The molecule has 0 bridgehead atoms. The van der Waals surface area contributed by atoms with Gasteiger partial charge in [-0.1, -0.05) is 35.5 Å². The van der Waals surface area contributed by atoms with Crippen molar-refractivity contribution in [3.05, 3.63) is 65.4 Å². The van der Waals surface area contributed by atoms with E-state index >= 15 is 0 Å². The molecule has 3 aromatic rings. The molecule has 3 heterocycles. The number of amides is 1. The second kappa shape index (κ2) is 8.49. The predicted octanol–water partition coefficient (Wildman–Crippen LogP) is 4.16. The molecular weight excluding hydrogens is 408 g/mol. The number of Topliss-reactive ketones (excluding diaryl/α,β-unsaturated/α-hetero) is 1. The van der Waals surface area contributed by atoms with E-state index in [1.165, 1.54) is 0 Å². The highest BCUT2D eigenvalue weighted by molar-refractivity contribution is 6.01. The third-order valence-corrected chi connectivity index (χ3v) is 6.10. The van der Waals surface area contributed by atoms with E-state index in [2.05, 4.69) is 5.16 Å². The van der Waals surface area contributed by atoms with Gasteiger partial charge in [0.1, 0.15) is 30.2 Å². The summed E-state index contributed by atoms with van der Waals surface area (Å²) < 4.78 is 16.5. The number of carbonyl (C=O) groups excluding carboxylic acids is 2. The van der Waals surface area contributed by atoms with E-state index < -0.39 is 0 Å². The molecule has 32 heavy (non-hydrogen) atoms. The molecule has 7 heteroatoms. The van der Waals surface area contributed by atoms with E-state index in [-0.39, 0.29) is 17.6 Å². The summed E-state index contributed by atoms with van der Waals surface area (Å²) in [6, 6.07) is 14.9. The van der Waals surface area contributed by atoms with Crippen LogP contribution in [0.4, 0.5) is 0 Å². The lowest BCUT2D eigenvalue weighted by molar-refractivity contribution is 0.0649. The minimum Gasteiger partial charge on any atom is -0.486 e. The van der Waals surface area contributed by atoms with Crippen molar-refractivity contribution in [1.29, 1.82) is 0 Å². The summed E-state index contributed by atoms with van der Waals surface area (Å²) >= 11 is 0. The van der Waals surface area contributed by atoms with Crippen molar-refractivity contribution in [2.45, 2.75) is 19.8 Å². The molecule has 2 aromatic carbocycles. The van der Waals surface area contributed by atoms with Crippen LogP contribution in [-0.4, -0.2) is 48.1 Å². The largest absolute Gasteiger partial charge is 0.486 e. The van der Waals surface area contributed by atoms with Crippen molar-refractivity contribution < 1.29 is 23.6 Å². The SMILES string of the molecule is Cc1onc(-c2ccccc2)c1C(=O)N1CCC(C(=O)c2ccc3c(c2)OCCO3)CC1. The van der Waals surface area contributed by atoms with Gasteiger partial charge in [0, 0.05) is 30.1 Å². The van der Waals surface area contributed by atoms with Gasteiger partial charge in [0.25, 0.3) is 5.91 Å². The molecule has 0 saturated carbocycles. The number of likely N-dealkylation sites (tertiary alicyclic amines) is 1. The number of ketones is 1. The first-order valence-electron chi connectivity index (χ1n) is 10.9. The van der Waals surface area contributed by atoms with Gasteiger partial charge in [0.15, 0.2) is 17.3 Å². The summed E-state index contributed by atoms with van der Waals surface area (Å²) in [4.78, 5) is 28.1. The molecule has 7 nitrogen and oxygen atoms in total. The number of piperidine rings is 1. The highest BCUT2D eigenvalue weighted by Crippen LogP contribution is 2.33. The first-order valence-corrected chi connectivity index (χ1v) is 10.9. The normalized spacial score (nSPS) is 16.1. The highest BCUT2D eigenvalue weighted by Gasteiger charge is 2.32. The molecule has 0 spiro atoms. The fourth-order valence-electron chi connectivity index (χ4n) is 4.35. The minimum absolute atomic E-state index is 0.0835. The Bertz CT molecular complexity index is 1150. The summed E-state index contributed by atoms with van der Waals surface area (Å²) in [6.45, 7) is 3.78. The number of hydrogen-bond acceptors (Lipinski definition) is 6. The predicted molar refractivity (Wildman–Crippen MR) is 117 cm³/mol. The molecular formula is C25H24N2O5. The number of nitrogens with zero attached hydrogens (tertiary/aromatic N) is 2. The Balaban J connectivity index is 1.28. The van der Waals surface area contributed by atoms with E-state index in [0.717, 1.165) is 5.56 Å². The molecule has 1 fully saturated rings. The number of ether oxygens (including phenoxy) is 2. The summed E-state index contributed by atoms with van der Waals surface area (Å²) in [5.41, 5.74) is 2.52. The van der Waals surface area contributed by atoms with Gasteiger partial charge in [0.05, 0.1) is 0 Å². The van der Waals surface area contributed by atoms with Crippen LogP contribution in [0.25, 0.3) is 11.3 Å². The highest BCUT2D eigenvalue weighted by atomic mass is 16.6. The van der Waals surface area contributed by atoms with Gasteiger partial charge in [-0.05, 0) is 38.0 Å². The summed E-state index contributed by atoms with van der Waals surface area (Å²) in [5.74, 6) is 1.65. The molecule has 0 N–H and O–H groups in total. The van der Waals surface area contributed by atoms with Gasteiger partial charge in [-0.25, -0.2) is 0 Å². The maximum Gasteiger partial charge on any atom is 0.259 e. The van der Waals surface area contributed by atoms with Gasteiger partial charge >= 0.3 is 0 Å². The van der Waals surface area contributed by atoms with Crippen LogP contribution in [0.15, 0.2) is 53.1 Å². The average molecular weight is 432 g/mol. The maximum absolute atomic E-state index is 13.3. The number of benzene rings is 2. The summed E-state index contributed by atoms with van der Waals surface area (Å²) in [6.07, 6.45) is 1.23. The maximum atomic E-state index is 13.3. The van der Waals surface area contributed by atoms with E-state index in [1.54, 1.807) is 30.0 Å². The molecule has 0 unspecified atom stereocenters. The number of fused-ring (bicyclic) bond motifs is 1. The number of hydrogen-bond donors (Lipinski definition) is 0. The van der Waals surface area contributed by atoms with Crippen LogP contribution < -0.4 is 9.47 Å². The van der Waals surface area contributed by atoms with Crippen molar-refractivity contribution in [2.75, 3.05) is 26.3 Å². The van der Waals surface area contributed by atoms with Gasteiger partial charge in [-0.15, -0.1) is 0 Å². The zero-order chi connectivity index (χ0) is 22.1. The van der Waals surface area contributed by atoms with Gasteiger partial charge < -0.3 is 18.9 Å². The first-order chi connectivity index (χ1) is 15.6. The molecule has 2 aliphatic heterocycles. The van der Waals surface area contributed by atoms with Crippen LogP contribution in [0.5, 0.6) is 11.5 Å². The summed E-state index contributed by atoms with van der Waals surface area (Å²) in [7, 11) is 0. The molecule has 164 valence electrons. The van der Waals surface area contributed by atoms with E-state index in [1.807, 2.05) is 30.3 Å². The average Bonchev–Trinajstić information content (AvgIpc) is 3.24. The lowest BCUT2D eigenvalue weighted by Crippen LogP contribution is -2.40. The van der Waals surface area contributed by atoms with Gasteiger partial charge in [0.2, 0.25) is 0 Å². The lowest BCUT2D eigenvalue weighted by atomic mass is 9.88. The van der Waals surface area contributed by atoms with Crippen molar-refractivity contribution in [3.8, 4) is 22.8 Å². The van der Waals surface area contributed by atoms with Crippen LogP contribution >= 0.6 is 0 Å². The fourth-order valence-corrected chi connectivity index (χ4v) is 4.35. The Labute approximate surface area is 185 Å². The Morgan fingerprint density at radius 1 is 0.969 bits per heavy atom. The number of aryl methyl sites for hydroxylation is 1. The van der Waals surface area contributed by atoms with Crippen molar-refractivity contribution in [3.63, 3.8) is 0 Å². The molecule has 0 atom stereocenters. The van der Waals surface area contributed by atoms with Crippen LogP contribution in [0.3, 0.4) is 0 Å². The number of carbonyl (C=O) groups is 2. The number of rotatable bonds is 4. The quantitative estimate of drug-likeness (QED) is 0.576. The Hall–Kier alpha value is -3.61. The van der Waals surface area contributed by atoms with Crippen LogP contribution in [0, 0.1) is 12.8 Å². The smallest absolute Gasteiger partial charge is 0.259 e. The van der Waals surface area contributed by atoms with Crippen LogP contribution in [0.2, 0.25) is 0 Å². The van der Waals surface area contributed by atoms with Crippen LogP contribution in [-0.2, 0) is 0 Å². The lowest BCUT2D eigenvalue weighted by Gasteiger charge is -2.31. The monoisotopic (exact) mass is 432 g/mol. The molecule has 2 aliphatic rings. The first kappa shape index (κ1) is 20.3. The van der Waals surface area contributed by atoms with Crippen LogP contribution in [0.1, 0.15) is 39.3 Å². The van der Waals surface area contributed by atoms with Crippen molar-refractivity contribution >= 4 is 11.7 Å². The van der Waals surface area contributed by atoms with Crippen molar-refractivity contribution in [1.82, 2.24) is 10.1 Å². The fraction of sp³-hybridized carbons (Fsp3) is 0.320. The molecule has 5 rings (SSSR count). The zero-order valence-corrected chi connectivity index (χ0v) is 17.9. The second-order valence-electron chi connectivity index (χ2n) is 8.12. The molecule has 1 aromatic heterocycles. The topological polar surface area (TPSA) is 81.9 Å². The molecule has 1 saturated heterocycles. The Kier molecular flexibility index (Phi) is 5.39. The molecule has 1 amide bonds. The van der Waals surface area contributed by atoms with Gasteiger partial charge in [-0.3, -0.25) is 9.59 Å².